The molecule has 3 rings (SSSR count). The quantitative estimate of drug-likeness (QED) is 0.501. The highest BCUT2D eigenvalue weighted by Crippen LogP contribution is 2.21. The number of halogens is 1. The highest BCUT2D eigenvalue weighted by Gasteiger charge is 2.33. The van der Waals surface area contributed by atoms with Crippen LogP contribution < -0.4 is 9.47 Å². The maximum absolute atomic E-state index is 11.1. The van der Waals surface area contributed by atoms with Crippen LogP contribution in [0.15, 0.2) is 48.5 Å². The molecule has 1 aliphatic rings. The molecule has 2 aromatic rings. The van der Waals surface area contributed by atoms with Crippen LogP contribution in [0.5, 0.6) is 11.5 Å². The topological polar surface area (TPSA) is 54.4 Å². The predicted molar refractivity (Wildman–Crippen MR) is 137 cm³/mol. The molecule has 1 fully saturated rings. The smallest absolute Gasteiger partial charge is 0.134 e. The fraction of sp³-hybridized carbons (Fsp3) is 0.556. The summed E-state index contributed by atoms with van der Waals surface area (Å²) in [6, 6.07) is 16.4. The summed E-state index contributed by atoms with van der Waals surface area (Å²) in [6.07, 6.45) is 0. The van der Waals surface area contributed by atoms with Crippen molar-refractivity contribution < 1.29 is 19.3 Å². The Bertz CT molecular complexity index is 869. The molecule has 0 unspecified atom stereocenters. The van der Waals surface area contributed by atoms with Crippen LogP contribution in [0.1, 0.15) is 33.3 Å². The van der Waals surface area contributed by atoms with Crippen molar-refractivity contribution in [3.63, 3.8) is 0 Å². The summed E-state index contributed by atoms with van der Waals surface area (Å²) in [7, 11) is 0. The molecule has 0 aromatic heterocycles. The van der Waals surface area contributed by atoms with Crippen molar-refractivity contribution in [1.29, 1.82) is 0 Å². The lowest BCUT2D eigenvalue weighted by Gasteiger charge is -2.30. The van der Waals surface area contributed by atoms with Gasteiger partial charge in [0.15, 0.2) is 0 Å². The average Bonchev–Trinajstić information content (AvgIpc) is 2.97. The number of hydrogen-bond donors (Lipinski definition) is 1. The summed E-state index contributed by atoms with van der Waals surface area (Å²) in [5, 5.41) is 11.8. The SMILES string of the molecule is CC(C)N(CCOc1ccc(CN2CCOC[C@](O)(COc3cccc(Cl)c3)C2)cc1)C(C)C. The second kappa shape index (κ2) is 12.8. The van der Waals surface area contributed by atoms with E-state index in [0.717, 1.165) is 25.4 Å². The van der Waals surface area contributed by atoms with E-state index in [9.17, 15) is 5.11 Å². The Morgan fingerprint density at radius 3 is 2.47 bits per heavy atom. The lowest BCUT2D eigenvalue weighted by Crippen LogP contribution is -2.48. The second-order valence-corrected chi connectivity index (χ2v) is 10.1. The van der Waals surface area contributed by atoms with Crippen LogP contribution >= 0.6 is 11.6 Å². The van der Waals surface area contributed by atoms with Gasteiger partial charge in [-0.2, -0.15) is 0 Å². The number of hydrogen-bond acceptors (Lipinski definition) is 6. The molecule has 0 amide bonds. The molecule has 188 valence electrons. The van der Waals surface area contributed by atoms with Crippen molar-refractivity contribution in [3.8, 4) is 11.5 Å². The molecule has 1 atom stereocenters. The molecule has 0 bridgehead atoms. The largest absolute Gasteiger partial charge is 0.492 e. The summed E-state index contributed by atoms with van der Waals surface area (Å²) in [5.41, 5.74) is 0.0685. The first-order chi connectivity index (χ1) is 16.2. The van der Waals surface area contributed by atoms with Gasteiger partial charge in [-0.3, -0.25) is 9.80 Å². The number of rotatable bonds is 11. The minimum atomic E-state index is -1.10. The summed E-state index contributed by atoms with van der Waals surface area (Å²) in [5.74, 6) is 1.51. The van der Waals surface area contributed by atoms with E-state index in [0.29, 0.717) is 42.6 Å². The molecule has 34 heavy (non-hydrogen) atoms. The van der Waals surface area contributed by atoms with Crippen LogP contribution in [0.3, 0.4) is 0 Å². The van der Waals surface area contributed by atoms with Gasteiger partial charge in [0.2, 0.25) is 0 Å². The van der Waals surface area contributed by atoms with E-state index in [2.05, 4.69) is 49.6 Å². The second-order valence-electron chi connectivity index (χ2n) is 9.65. The first-order valence-corrected chi connectivity index (χ1v) is 12.5. The Kier molecular flexibility index (Phi) is 10.0. The van der Waals surface area contributed by atoms with E-state index in [-0.39, 0.29) is 13.2 Å². The number of aliphatic hydroxyl groups is 1. The number of nitrogens with zero attached hydrogens (tertiary/aromatic N) is 2. The van der Waals surface area contributed by atoms with Crippen LogP contribution in [0.25, 0.3) is 0 Å². The molecule has 6 nitrogen and oxygen atoms in total. The van der Waals surface area contributed by atoms with E-state index in [1.807, 2.05) is 24.3 Å². The fourth-order valence-corrected chi connectivity index (χ4v) is 4.50. The van der Waals surface area contributed by atoms with Gasteiger partial charge in [-0.05, 0) is 63.6 Å². The molecule has 7 heteroatoms. The van der Waals surface area contributed by atoms with Crippen molar-refractivity contribution in [1.82, 2.24) is 9.80 Å². The van der Waals surface area contributed by atoms with E-state index in [1.165, 1.54) is 5.56 Å². The molecule has 0 aliphatic carbocycles. The van der Waals surface area contributed by atoms with Crippen molar-refractivity contribution in [3.05, 3.63) is 59.1 Å². The highest BCUT2D eigenvalue weighted by atomic mass is 35.5. The third kappa shape index (κ3) is 8.43. The minimum absolute atomic E-state index is 0.139. The molecule has 1 aliphatic heterocycles. The van der Waals surface area contributed by atoms with E-state index < -0.39 is 5.60 Å². The Morgan fingerprint density at radius 1 is 1.06 bits per heavy atom. The molecular weight excluding hydrogens is 452 g/mol. The molecular formula is C27H39ClN2O4. The molecule has 1 N–H and O–H groups in total. The van der Waals surface area contributed by atoms with Gasteiger partial charge in [0, 0.05) is 43.3 Å². The number of benzene rings is 2. The zero-order valence-corrected chi connectivity index (χ0v) is 21.6. The monoisotopic (exact) mass is 490 g/mol. The third-order valence-corrected chi connectivity index (χ3v) is 6.25. The van der Waals surface area contributed by atoms with E-state index in [4.69, 9.17) is 25.8 Å². The summed E-state index contributed by atoms with van der Waals surface area (Å²) in [4.78, 5) is 4.63. The van der Waals surface area contributed by atoms with Crippen molar-refractivity contribution in [2.75, 3.05) is 46.1 Å². The van der Waals surface area contributed by atoms with Crippen LogP contribution in [-0.4, -0.2) is 78.7 Å². The number of ether oxygens (including phenoxy) is 3. The molecule has 0 radical (unpaired) electrons. The minimum Gasteiger partial charge on any atom is -0.492 e. The van der Waals surface area contributed by atoms with E-state index in [1.54, 1.807) is 12.1 Å². The van der Waals surface area contributed by atoms with Crippen molar-refractivity contribution >= 4 is 11.6 Å². The van der Waals surface area contributed by atoms with Crippen LogP contribution in [0.2, 0.25) is 5.02 Å². The molecule has 2 aromatic carbocycles. The lowest BCUT2D eigenvalue weighted by molar-refractivity contribution is -0.0646. The van der Waals surface area contributed by atoms with Crippen molar-refractivity contribution in [2.45, 2.75) is 51.9 Å². The first kappa shape index (κ1) is 26.8. The molecule has 1 heterocycles. The maximum Gasteiger partial charge on any atom is 0.134 e. The Balaban J connectivity index is 1.50. The summed E-state index contributed by atoms with van der Waals surface area (Å²) >= 11 is 6.03. The molecule has 0 spiro atoms. The van der Waals surface area contributed by atoms with Gasteiger partial charge in [-0.15, -0.1) is 0 Å². The summed E-state index contributed by atoms with van der Waals surface area (Å²) < 4.78 is 17.5. The van der Waals surface area contributed by atoms with Crippen LogP contribution in [0.4, 0.5) is 0 Å². The van der Waals surface area contributed by atoms with Gasteiger partial charge in [0.1, 0.15) is 30.3 Å². The van der Waals surface area contributed by atoms with Gasteiger partial charge < -0.3 is 19.3 Å². The Labute approximate surface area is 209 Å². The highest BCUT2D eigenvalue weighted by molar-refractivity contribution is 6.30. The van der Waals surface area contributed by atoms with Crippen LogP contribution in [-0.2, 0) is 11.3 Å². The van der Waals surface area contributed by atoms with Gasteiger partial charge in [0.05, 0.1) is 13.2 Å². The zero-order valence-electron chi connectivity index (χ0n) is 20.9. The standard InChI is InChI=1S/C27H39ClN2O4/c1-21(2)30(22(3)4)13-15-33-25-10-8-23(9-11-25)17-29-12-14-32-19-27(31,18-29)20-34-26-7-5-6-24(28)16-26/h5-11,16,21-22,31H,12-15,17-20H2,1-4H3/t27-/m0/s1. The molecule has 0 saturated carbocycles. The van der Waals surface area contributed by atoms with Gasteiger partial charge >= 0.3 is 0 Å². The fourth-order valence-electron chi connectivity index (χ4n) is 4.32. The van der Waals surface area contributed by atoms with E-state index >= 15 is 0 Å². The average molecular weight is 491 g/mol. The van der Waals surface area contributed by atoms with Gasteiger partial charge in [0.25, 0.3) is 0 Å². The maximum atomic E-state index is 11.1. The zero-order chi connectivity index (χ0) is 24.6. The summed E-state index contributed by atoms with van der Waals surface area (Å²) in [6.45, 7) is 13.3. The van der Waals surface area contributed by atoms with Crippen LogP contribution in [0, 0.1) is 0 Å². The lowest BCUT2D eigenvalue weighted by atomic mass is 10.1. The van der Waals surface area contributed by atoms with Gasteiger partial charge in [-0.1, -0.05) is 29.8 Å². The number of β-amino-alcohol motifs (C(OH)–C–C–N with tert-alkyl or cyclic N) is 1. The Morgan fingerprint density at radius 2 is 1.79 bits per heavy atom. The third-order valence-electron chi connectivity index (χ3n) is 6.02. The van der Waals surface area contributed by atoms with Gasteiger partial charge in [-0.25, -0.2) is 0 Å². The first-order valence-electron chi connectivity index (χ1n) is 12.1. The predicted octanol–water partition coefficient (Wildman–Crippen LogP) is 4.48. The molecule has 1 saturated heterocycles. The van der Waals surface area contributed by atoms with Crippen molar-refractivity contribution in [2.24, 2.45) is 0 Å². The normalized spacial score (nSPS) is 19.6. The Hall–Kier alpha value is -1.83.